The largest absolute Gasteiger partial charge is 0.417 e. The predicted molar refractivity (Wildman–Crippen MR) is 68.3 cm³/mol. The molecule has 0 atom stereocenters. The minimum atomic E-state index is -4.52. The number of hydrogen-bond acceptors (Lipinski definition) is 2. The standard InChI is InChI=1S/C13H10F3NO2S/c14-13(15,16)12-7-2-1-6-11(12)9-4-3-5-10(8-9)20(17,18)19/h1-8H,(H2,17,18,19). The van der Waals surface area contributed by atoms with Gasteiger partial charge in [-0.2, -0.15) is 13.2 Å². The Balaban J connectivity index is 2.65. The van der Waals surface area contributed by atoms with Crippen molar-refractivity contribution in [2.75, 3.05) is 0 Å². The first kappa shape index (κ1) is 14.5. The number of nitrogens with two attached hydrogens (primary N) is 1. The van der Waals surface area contributed by atoms with E-state index >= 15 is 0 Å². The summed E-state index contributed by atoms with van der Waals surface area (Å²) in [7, 11) is -3.96. The Morgan fingerprint density at radius 2 is 1.60 bits per heavy atom. The van der Waals surface area contributed by atoms with Crippen LogP contribution >= 0.6 is 0 Å². The van der Waals surface area contributed by atoms with Gasteiger partial charge in [-0.05, 0) is 29.3 Å². The number of hydrogen-bond donors (Lipinski definition) is 1. The molecule has 20 heavy (non-hydrogen) atoms. The van der Waals surface area contributed by atoms with Crippen molar-refractivity contribution >= 4 is 10.0 Å². The quantitative estimate of drug-likeness (QED) is 0.927. The van der Waals surface area contributed by atoms with Crippen molar-refractivity contribution < 1.29 is 21.6 Å². The third-order valence-electron chi connectivity index (χ3n) is 2.71. The lowest BCUT2D eigenvalue weighted by Crippen LogP contribution is -2.12. The lowest BCUT2D eigenvalue weighted by molar-refractivity contribution is -0.137. The van der Waals surface area contributed by atoms with E-state index in [1.54, 1.807) is 0 Å². The van der Waals surface area contributed by atoms with E-state index in [0.29, 0.717) is 0 Å². The minimum absolute atomic E-state index is 0.0921. The summed E-state index contributed by atoms with van der Waals surface area (Å²) in [5, 5.41) is 4.98. The van der Waals surface area contributed by atoms with Crippen molar-refractivity contribution in [1.82, 2.24) is 0 Å². The van der Waals surface area contributed by atoms with Gasteiger partial charge in [0.2, 0.25) is 10.0 Å². The molecule has 2 N–H and O–H groups in total. The average molecular weight is 301 g/mol. The number of sulfonamides is 1. The van der Waals surface area contributed by atoms with E-state index in [4.69, 9.17) is 5.14 Å². The van der Waals surface area contributed by atoms with E-state index in [1.165, 1.54) is 36.4 Å². The topological polar surface area (TPSA) is 60.2 Å². The zero-order valence-corrected chi connectivity index (χ0v) is 10.9. The number of benzene rings is 2. The van der Waals surface area contributed by atoms with Gasteiger partial charge in [-0.25, -0.2) is 13.6 Å². The Morgan fingerprint density at radius 1 is 0.950 bits per heavy atom. The predicted octanol–water partition coefficient (Wildman–Crippen LogP) is 3.02. The van der Waals surface area contributed by atoms with E-state index in [-0.39, 0.29) is 16.0 Å². The summed E-state index contributed by atoms with van der Waals surface area (Å²) >= 11 is 0. The Labute approximate surface area is 113 Å². The molecule has 0 amide bonds. The molecule has 0 aliphatic heterocycles. The first-order chi connectivity index (χ1) is 9.19. The van der Waals surface area contributed by atoms with Crippen LogP contribution in [0.25, 0.3) is 11.1 Å². The molecule has 0 saturated carbocycles. The smallest absolute Gasteiger partial charge is 0.225 e. The maximum atomic E-state index is 12.9. The van der Waals surface area contributed by atoms with Crippen LogP contribution in [-0.2, 0) is 16.2 Å². The number of primary sulfonamides is 1. The second-order valence-electron chi connectivity index (χ2n) is 4.12. The first-order valence-corrected chi connectivity index (χ1v) is 7.04. The zero-order valence-electron chi connectivity index (χ0n) is 10.1. The summed E-state index contributed by atoms with van der Waals surface area (Å²) in [4.78, 5) is -0.230. The molecule has 2 aromatic rings. The lowest BCUT2D eigenvalue weighted by Gasteiger charge is -2.13. The molecular weight excluding hydrogens is 291 g/mol. The third-order valence-corrected chi connectivity index (χ3v) is 3.62. The van der Waals surface area contributed by atoms with Gasteiger partial charge in [-0.1, -0.05) is 30.3 Å². The van der Waals surface area contributed by atoms with Gasteiger partial charge in [-0.3, -0.25) is 0 Å². The molecule has 3 nitrogen and oxygen atoms in total. The first-order valence-electron chi connectivity index (χ1n) is 5.49. The van der Waals surface area contributed by atoms with Gasteiger partial charge in [0.25, 0.3) is 0 Å². The summed E-state index contributed by atoms with van der Waals surface area (Å²) in [5.41, 5.74) is -0.776. The van der Waals surface area contributed by atoms with Crippen LogP contribution in [0, 0.1) is 0 Å². The van der Waals surface area contributed by atoms with Crippen LogP contribution in [0.4, 0.5) is 13.2 Å². The van der Waals surface area contributed by atoms with Crippen molar-refractivity contribution in [2.45, 2.75) is 11.1 Å². The van der Waals surface area contributed by atoms with E-state index in [2.05, 4.69) is 0 Å². The van der Waals surface area contributed by atoms with E-state index in [9.17, 15) is 21.6 Å². The minimum Gasteiger partial charge on any atom is -0.225 e. The SMILES string of the molecule is NS(=O)(=O)c1cccc(-c2ccccc2C(F)(F)F)c1. The highest BCUT2D eigenvalue weighted by Crippen LogP contribution is 2.37. The molecule has 0 radical (unpaired) electrons. The highest BCUT2D eigenvalue weighted by atomic mass is 32.2. The van der Waals surface area contributed by atoms with Crippen molar-refractivity contribution in [1.29, 1.82) is 0 Å². The molecule has 0 fully saturated rings. The van der Waals surface area contributed by atoms with Crippen LogP contribution in [0.2, 0.25) is 0 Å². The Hall–Kier alpha value is -1.86. The highest BCUT2D eigenvalue weighted by molar-refractivity contribution is 7.89. The molecule has 0 spiro atoms. The summed E-state index contributed by atoms with van der Waals surface area (Å²) in [6.45, 7) is 0. The maximum Gasteiger partial charge on any atom is 0.417 e. The van der Waals surface area contributed by atoms with Gasteiger partial charge < -0.3 is 0 Å². The Morgan fingerprint density at radius 3 is 2.20 bits per heavy atom. The zero-order chi connectivity index (χ0) is 15.0. The fourth-order valence-electron chi connectivity index (χ4n) is 1.82. The van der Waals surface area contributed by atoms with Gasteiger partial charge in [0.05, 0.1) is 10.5 Å². The fraction of sp³-hybridized carbons (Fsp3) is 0.0769. The van der Waals surface area contributed by atoms with Crippen LogP contribution < -0.4 is 5.14 Å². The Kier molecular flexibility index (Phi) is 3.58. The number of rotatable bonds is 2. The molecule has 106 valence electrons. The molecule has 2 rings (SSSR count). The summed E-state index contributed by atoms with van der Waals surface area (Å²) in [5.74, 6) is 0. The normalized spacial score (nSPS) is 12.4. The molecular formula is C13H10F3NO2S. The van der Waals surface area contributed by atoms with E-state index < -0.39 is 21.8 Å². The maximum absolute atomic E-state index is 12.9. The second kappa shape index (κ2) is 4.92. The van der Waals surface area contributed by atoms with Crippen molar-refractivity contribution in [2.24, 2.45) is 5.14 Å². The van der Waals surface area contributed by atoms with Crippen LogP contribution in [0.1, 0.15) is 5.56 Å². The summed E-state index contributed by atoms with van der Waals surface area (Å²) in [6.07, 6.45) is -4.52. The fourth-order valence-corrected chi connectivity index (χ4v) is 2.38. The van der Waals surface area contributed by atoms with Crippen molar-refractivity contribution in [3.05, 3.63) is 54.1 Å². The highest BCUT2D eigenvalue weighted by Gasteiger charge is 2.33. The molecule has 2 aromatic carbocycles. The molecule has 0 heterocycles. The van der Waals surface area contributed by atoms with Gasteiger partial charge in [0, 0.05) is 0 Å². The molecule has 0 aromatic heterocycles. The van der Waals surface area contributed by atoms with Gasteiger partial charge in [0.15, 0.2) is 0 Å². The number of alkyl halides is 3. The molecule has 0 aliphatic carbocycles. The second-order valence-corrected chi connectivity index (χ2v) is 5.68. The summed E-state index contributed by atoms with van der Waals surface area (Å²) < 4.78 is 61.3. The summed E-state index contributed by atoms with van der Waals surface area (Å²) in [6, 6.07) is 10.1. The van der Waals surface area contributed by atoms with E-state index in [0.717, 1.165) is 12.1 Å². The number of halogens is 3. The molecule has 0 unspecified atom stereocenters. The average Bonchev–Trinajstić information content (AvgIpc) is 2.37. The van der Waals surface area contributed by atoms with Gasteiger partial charge in [-0.15, -0.1) is 0 Å². The molecule has 0 bridgehead atoms. The van der Waals surface area contributed by atoms with Gasteiger partial charge in [0.1, 0.15) is 0 Å². The van der Waals surface area contributed by atoms with Crippen molar-refractivity contribution in [3.63, 3.8) is 0 Å². The van der Waals surface area contributed by atoms with Crippen LogP contribution in [0.3, 0.4) is 0 Å². The van der Waals surface area contributed by atoms with Crippen LogP contribution in [0.5, 0.6) is 0 Å². The molecule has 7 heteroatoms. The van der Waals surface area contributed by atoms with Crippen LogP contribution in [-0.4, -0.2) is 8.42 Å². The van der Waals surface area contributed by atoms with E-state index in [1.807, 2.05) is 0 Å². The lowest BCUT2D eigenvalue weighted by atomic mass is 9.99. The third kappa shape index (κ3) is 3.00. The van der Waals surface area contributed by atoms with Crippen molar-refractivity contribution in [3.8, 4) is 11.1 Å². The monoisotopic (exact) mass is 301 g/mol. The molecule has 0 saturated heterocycles. The molecule has 0 aliphatic rings. The Bertz CT molecular complexity index is 739. The van der Waals surface area contributed by atoms with Crippen LogP contribution in [0.15, 0.2) is 53.4 Å². The van der Waals surface area contributed by atoms with Gasteiger partial charge >= 0.3 is 6.18 Å².